The number of halogens is 1. The number of rotatable bonds is 5. The summed E-state index contributed by atoms with van der Waals surface area (Å²) in [6.07, 6.45) is -0.705. The van der Waals surface area contributed by atoms with Gasteiger partial charge in [-0.2, -0.15) is 0 Å². The number of hydrogen-bond donors (Lipinski definition) is 1. The number of para-hydroxylation sites is 1. The highest BCUT2D eigenvalue weighted by Gasteiger charge is 2.10. The van der Waals surface area contributed by atoms with Gasteiger partial charge in [0.05, 0.1) is 11.6 Å². The Hall–Kier alpha value is -1.66. The van der Waals surface area contributed by atoms with E-state index >= 15 is 0 Å². The molecule has 2 aromatic rings. The van der Waals surface area contributed by atoms with Gasteiger partial charge in [0.15, 0.2) is 0 Å². The molecule has 1 aromatic heterocycles. The topological polar surface area (TPSA) is 73.1 Å². The molecule has 0 saturated carbocycles. The molecule has 6 nitrogen and oxygen atoms in total. The minimum absolute atomic E-state index is 0.128. The lowest BCUT2D eigenvalue weighted by atomic mass is 10.3. The molecule has 0 radical (unpaired) electrons. The minimum atomic E-state index is -0.705. The van der Waals surface area contributed by atoms with Crippen LogP contribution in [0.2, 0.25) is 5.02 Å². The van der Waals surface area contributed by atoms with Crippen molar-refractivity contribution in [1.29, 1.82) is 0 Å². The van der Waals surface area contributed by atoms with Crippen LogP contribution >= 0.6 is 11.6 Å². The smallest absolute Gasteiger partial charge is 0.148 e. The molecule has 1 aromatic carbocycles. The van der Waals surface area contributed by atoms with Crippen LogP contribution in [0.4, 0.5) is 0 Å². The molecule has 1 N–H and O–H groups in total. The van der Waals surface area contributed by atoms with Gasteiger partial charge in [0.2, 0.25) is 0 Å². The summed E-state index contributed by atoms with van der Waals surface area (Å²) in [7, 11) is 0. The van der Waals surface area contributed by atoms with Crippen molar-refractivity contribution in [3.63, 3.8) is 0 Å². The van der Waals surface area contributed by atoms with E-state index < -0.39 is 6.10 Å². The number of aliphatic hydroxyl groups excluding tert-OH is 1. The van der Waals surface area contributed by atoms with Gasteiger partial charge < -0.3 is 9.84 Å². The molecule has 7 heteroatoms. The van der Waals surface area contributed by atoms with Crippen molar-refractivity contribution in [2.75, 3.05) is 6.61 Å². The van der Waals surface area contributed by atoms with Gasteiger partial charge >= 0.3 is 0 Å². The third-order valence-electron chi connectivity index (χ3n) is 2.36. The Morgan fingerprint density at radius 3 is 2.89 bits per heavy atom. The fraction of sp³-hybridized carbons (Fsp3) is 0.364. The molecule has 18 heavy (non-hydrogen) atoms. The maximum Gasteiger partial charge on any atom is 0.148 e. The second-order valence-corrected chi connectivity index (χ2v) is 4.21. The second kappa shape index (κ2) is 5.79. The van der Waals surface area contributed by atoms with Crippen molar-refractivity contribution < 1.29 is 9.84 Å². The molecular weight excluding hydrogens is 256 g/mol. The fourth-order valence-corrected chi connectivity index (χ4v) is 1.61. The molecule has 0 aliphatic carbocycles. The largest absolute Gasteiger partial charge is 0.489 e. The predicted octanol–water partition coefficient (Wildman–Crippen LogP) is 1.07. The number of hydrogen-bond acceptors (Lipinski definition) is 5. The van der Waals surface area contributed by atoms with E-state index in [1.807, 2.05) is 12.1 Å². The second-order valence-electron chi connectivity index (χ2n) is 3.80. The molecule has 0 aliphatic rings. The maximum absolute atomic E-state index is 9.81. The number of ether oxygens (including phenoxy) is 1. The van der Waals surface area contributed by atoms with Gasteiger partial charge in [0, 0.05) is 0 Å². The van der Waals surface area contributed by atoms with Gasteiger partial charge in [0.1, 0.15) is 24.3 Å². The van der Waals surface area contributed by atoms with E-state index in [0.717, 1.165) is 0 Å². The van der Waals surface area contributed by atoms with Gasteiger partial charge in [-0.1, -0.05) is 23.7 Å². The summed E-state index contributed by atoms with van der Waals surface area (Å²) in [5, 5.41) is 21.3. The first-order chi connectivity index (χ1) is 8.66. The third-order valence-corrected chi connectivity index (χ3v) is 2.67. The van der Waals surface area contributed by atoms with E-state index in [9.17, 15) is 5.11 Å². The lowest BCUT2D eigenvalue weighted by Crippen LogP contribution is -2.24. The average molecular weight is 269 g/mol. The van der Waals surface area contributed by atoms with Crippen LogP contribution in [0.1, 0.15) is 5.82 Å². The number of benzene rings is 1. The Morgan fingerprint density at radius 1 is 1.44 bits per heavy atom. The van der Waals surface area contributed by atoms with Crippen molar-refractivity contribution in [3.05, 3.63) is 35.1 Å². The highest BCUT2D eigenvalue weighted by atomic mass is 35.5. The van der Waals surface area contributed by atoms with E-state index in [4.69, 9.17) is 16.3 Å². The summed E-state index contributed by atoms with van der Waals surface area (Å²) in [6.45, 7) is 2.17. The monoisotopic (exact) mass is 268 g/mol. The van der Waals surface area contributed by atoms with Crippen molar-refractivity contribution in [2.24, 2.45) is 0 Å². The molecule has 1 heterocycles. The first-order valence-corrected chi connectivity index (χ1v) is 5.83. The van der Waals surface area contributed by atoms with E-state index in [2.05, 4.69) is 15.5 Å². The van der Waals surface area contributed by atoms with Crippen molar-refractivity contribution in [2.45, 2.75) is 19.6 Å². The fourth-order valence-electron chi connectivity index (χ4n) is 1.42. The molecular formula is C11H13ClN4O2. The molecule has 96 valence electrons. The Balaban J connectivity index is 1.87. The third kappa shape index (κ3) is 3.18. The molecule has 0 fully saturated rings. The summed E-state index contributed by atoms with van der Waals surface area (Å²) in [6, 6.07) is 7.11. The van der Waals surface area contributed by atoms with Crippen LogP contribution in [-0.2, 0) is 6.54 Å². The summed E-state index contributed by atoms with van der Waals surface area (Å²) >= 11 is 5.93. The Bertz CT molecular complexity index is 517. The van der Waals surface area contributed by atoms with Crippen molar-refractivity contribution in [1.82, 2.24) is 20.2 Å². The molecule has 1 atom stereocenters. The highest BCUT2D eigenvalue weighted by molar-refractivity contribution is 6.32. The summed E-state index contributed by atoms with van der Waals surface area (Å²) in [4.78, 5) is 0. The van der Waals surface area contributed by atoms with E-state index in [-0.39, 0.29) is 13.2 Å². The molecule has 0 bridgehead atoms. The molecule has 0 spiro atoms. The molecule has 0 saturated heterocycles. The number of nitrogens with zero attached hydrogens (tertiary/aromatic N) is 4. The quantitative estimate of drug-likeness (QED) is 0.878. The first kappa shape index (κ1) is 12.8. The van der Waals surface area contributed by atoms with Gasteiger partial charge in [-0.05, 0) is 29.5 Å². The SMILES string of the molecule is Cc1nnnn1CC(O)COc1ccccc1Cl. The summed E-state index contributed by atoms with van der Waals surface area (Å²) in [5.74, 6) is 1.19. The Morgan fingerprint density at radius 2 is 2.22 bits per heavy atom. The predicted molar refractivity (Wildman–Crippen MR) is 65.5 cm³/mol. The van der Waals surface area contributed by atoms with Crippen LogP contribution in [0.5, 0.6) is 5.75 Å². The van der Waals surface area contributed by atoms with Gasteiger partial charge in [-0.25, -0.2) is 4.68 Å². The zero-order chi connectivity index (χ0) is 13.0. The lowest BCUT2D eigenvalue weighted by Gasteiger charge is -2.13. The van der Waals surface area contributed by atoms with Crippen LogP contribution in [-0.4, -0.2) is 38.0 Å². The number of aryl methyl sites for hydroxylation is 1. The zero-order valence-corrected chi connectivity index (χ0v) is 10.6. The number of aromatic nitrogens is 4. The van der Waals surface area contributed by atoms with Crippen LogP contribution in [0.3, 0.4) is 0 Å². The standard InChI is InChI=1S/C11H13ClN4O2/c1-8-13-14-15-16(8)6-9(17)7-18-11-5-3-2-4-10(11)12/h2-5,9,17H,6-7H2,1H3. The van der Waals surface area contributed by atoms with Gasteiger partial charge in [-0.15, -0.1) is 5.10 Å². The van der Waals surface area contributed by atoms with Crippen molar-refractivity contribution >= 4 is 11.6 Å². The highest BCUT2D eigenvalue weighted by Crippen LogP contribution is 2.23. The van der Waals surface area contributed by atoms with E-state index in [1.165, 1.54) is 4.68 Å². The van der Waals surface area contributed by atoms with Gasteiger partial charge in [-0.3, -0.25) is 0 Å². The minimum Gasteiger partial charge on any atom is -0.489 e. The number of aliphatic hydroxyl groups is 1. The van der Waals surface area contributed by atoms with Crippen LogP contribution in [0.25, 0.3) is 0 Å². The van der Waals surface area contributed by atoms with Crippen LogP contribution in [0, 0.1) is 6.92 Å². The van der Waals surface area contributed by atoms with Crippen molar-refractivity contribution in [3.8, 4) is 5.75 Å². The van der Waals surface area contributed by atoms with E-state index in [0.29, 0.717) is 16.6 Å². The maximum atomic E-state index is 9.81. The summed E-state index contributed by atoms with van der Waals surface area (Å²) < 4.78 is 6.94. The average Bonchev–Trinajstić information content (AvgIpc) is 2.74. The first-order valence-electron chi connectivity index (χ1n) is 5.45. The van der Waals surface area contributed by atoms with E-state index in [1.54, 1.807) is 19.1 Å². The van der Waals surface area contributed by atoms with Crippen LogP contribution in [0.15, 0.2) is 24.3 Å². The van der Waals surface area contributed by atoms with Gasteiger partial charge in [0.25, 0.3) is 0 Å². The molecule has 2 rings (SSSR count). The summed E-state index contributed by atoms with van der Waals surface area (Å²) in [5.41, 5.74) is 0. The molecule has 0 aliphatic heterocycles. The molecule has 1 unspecified atom stereocenters. The lowest BCUT2D eigenvalue weighted by molar-refractivity contribution is 0.0882. The number of tetrazole rings is 1. The Kier molecular flexibility index (Phi) is 4.11. The molecule has 0 amide bonds. The normalized spacial score (nSPS) is 12.4. The Labute approximate surface area is 109 Å². The zero-order valence-electron chi connectivity index (χ0n) is 9.82. The van der Waals surface area contributed by atoms with Crippen LogP contribution < -0.4 is 4.74 Å².